The second-order valence-electron chi connectivity index (χ2n) is 17.5. The molecule has 0 N–H and O–H groups in total. The maximum absolute atomic E-state index is 2.53. The quantitative estimate of drug-likeness (QED) is 0.0583. The van der Waals surface area contributed by atoms with Crippen LogP contribution in [-0.4, -0.2) is 0 Å². The zero-order valence-electron chi connectivity index (χ0n) is 37.8. The molecule has 0 amide bonds. The summed E-state index contributed by atoms with van der Waals surface area (Å²) < 4.78 is 0. The molecular formula is C59H71N. The minimum Gasteiger partial charge on any atom is -0.311 e. The molecule has 0 radical (unpaired) electrons. The molecule has 6 aromatic rings. The lowest BCUT2D eigenvalue weighted by atomic mass is 9.70. The minimum atomic E-state index is 0.234. The minimum absolute atomic E-state index is 0.234. The van der Waals surface area contributed by atoms with Crippen molar-refractivity contribution in [3.63, 3.8) is 0 Å². The highest BCUT2D eigenvalue weighted by Gasteiger charge is 2.42. The summed E-state index contributed by atoms with van der Waals surface area (Å²) in [5.41, 5.74) is 17.8. The van der Waals surface area contributed by atoms with E-state index >= 15 is 0 Å². The third-order valence-electron chi connectivity index (χ3n) is 12.7. The average molecular weight is 794 g/mol. The summed E-state index contributed by atoms with van der Waals surface area (Å²) in [5, 5.41) is 0. The van der Waals surface area contributed by atoms with E-state index in [0.29, 0.717) is 0 Å². The first-order valence-corrected chi connectivity index (χ1v) is 23.3. The number of benzene rings is 6. The zero-order chi connectivity index (χ0) is 42.2. The Bertz CT molecular complexity index is 2120. The second-order valence-corrected chi connectivity index (χ2v) is 17.5. The number of nitrogens with zero attached hydrogens (tertiary/aromatic N) is 1. The van der Waals surface area contributed by atoms with Gasteiger partial charge >= 0.3 is 0 Å². The highest BCUT2D eigenvalue weighted by molar-refractivity contribution is 5.82. The fraction of sp³-hybridized carbons (Fsp3) is 0.356. The van der Waals surface area contributed by atoms with Crippen LogP contribution in [0.2, 0.25) is 0 Å². The van der Waals surface area contributed by atoms with Crippen LogP contribution in [0.3, 0.4) is 0 Å². The third-order valence-corrected chi connectivity index (χ3v) is 12.7. The van der Waals surface area contributed by atoms with Gasteiger partial charge in [0.05, 0.1) is 0 Å². The molecule has 0 unspecified atom stereocenters. The Hall–Kier alpha value is -5.14. The predicted molar refractivity (Wildman–Crippen MR) is 264 cm³/mol. The molecule has 60 heavy (non-hydrogen) atoms. The summed E-state index contributed by atoms with van der Waals surface area (Å²) in [6.07, 6.45) is 23.6. The van der Waals surface area contributed by atoms with Crippen molar-refractivity contribution < 1.29 is 0 Å². The van der Waals surface area contributed by atoms with E-state index in [1.807, 2.05) is 12.1 Å². The Balaban J connectivity index is 0.000000202. The Kier molecular flexibility index (Phi) is 16.6. The monoisotopic (exact) mass is 794 g/mol. The number of fused-ring (bicyclic) bond motifs is 3. The molecule has 1 heteroatoms. The fourth-order valence-electron chi connectivity index (χ4n) is 9.26. The van der Waals surface area contributed by atoms with E-state index < -0.39 is 0 Å². The van der Waals surface area contributed by atoms with E-state index in [1.54, 1.807) is 11.1 Å². The number of hydrogen-bond acceptors (Lipinski definition) is 1. The molecule has 1 aliphatic carbocycles. The first-order chi connectivity index (χ1) is 29.3. The number of hydrogen-bond donors (Lipinski definition) is 0. The SMILES string of the molecule is CCCCCCCCC1(CCCCCCCC)c2cc(C)ccc2-c2ccc(C)cc21.Cc1ccc(C)c(/C=C/c2ccc(N(c3ccccc3)c3ccccc3)cc2)c1. The summed E-state index contributed by atoms with van der Waals surface area (Å²) in [4.78, 5) is 2.28. The van der Waals surface area contributed by atoms with Crippen LogP contribution in [0.1, 0.15) is 148 Å². The van der Waals surface area contributed by atoms with Crippen molar-refractivity contribution in [1.29, 1.82) is 0 Å². The Morgan fingerprint density at radius 3 is 1.35 bits per heavy atom. The standard InChI is InChI=1S/C31H46.C28H25N/c1-5-7-9-11-13-15-21-31(22-16-14-12-10-8-6-2)29-23-25(3)17-19-27(29)28-20-18-26(4)24-30(28)31;1-22-13-14-23(2)25(21-22)18-15-24-16-19-28(20-17-24)29(26-9-5-3-6-10-26)27-11-7-4-8-12-27/h17-20,23-24H,5-16,21-22H2,1-4H3;3-21H,1-2H3/b;18-15+. The highest BCUT2D eigenvalue weighted by atomic mass is 15.1. The number of anilines is 3. The lowest BCUT2D eigenvalue weighted by Gasteiger charge is -2.33. The molecule has 0 saturated heterocycles. The topological polar surface area (TPSA) is 3.24 Å². The van der Waals surface area contributed by atoms with Crippen LogP contribution in [0.4, 0.5) is 17.1 Å². The van der Waals surface area contributed by atoms with Gasteiger partial charge < -0.3 is 4.90 Å². The second kappa shape index (κ2) is 22.5. The summed E-state index contributed by atoms with van der Waals surface area (Å²) in [7, 11) is 0. The highest BCUT2D eigenvalue weighted by Crippen LogP contribution is 2.54. The van der Waals surface area contributed by atoms with Gasteiger partial charge in [-0.1, -0.05) is 223 Å². The molecule has 0 saturated carbocycles. The number of aryl methyl sites for hydroxylation is 4. The molecule has 1 aliphatic rings. The molecule has 0 aromatic heterocycles. The van der Waals surface area contributed by atoms with Crippen molar-refractivity contribution in [3.8, 4) is 11.1 Å². The average Bonchev–Trinajstić information content (AvgIpc) is 3.52. The molecule has 312 valence electrons. The van der Waals surface area contributed by atoms with E-state index in [1.165, 1.54) is 134 Å². The first-order valence-electron chi connectivity index (χ1n) is 23.3. The van der Waals surface area contributed by atoms with Crippen LogP contribution in [0.25, 0.3) is 23.3 Å². The van der Waals surface area contributed by atoms with Gasteiger partial charge in [0.2, 0.25) is 0 Å². The first kappa shape index (κ1) is 44.4. The molecule has 1 nitrogen and oxygen atoms in total. The summed E-state index contributed by atoms with van der Waals surface area (Å²) >= 11 is 0. The molecular weight excluding hydrogens is 723 g/mol. The van der Waals surface area contributed by atoms with Crippen LogP contribution in [-0.2, 0) is 5.41 Å². The van der Waals surface area contributed by atoms with Gasteiger partial charge in [0.15, 0.2) is 0 Å². The van der Waals surface area contributed by atoms with Gasteiger partial charge in [-0.2, -0.15) is 0 Å². The normalized spacial score (nSPS) is 12.5. The van der Waals surface area contributed by atoms with Gasteiger partial charge in [0, 0.05) is 22.5 Å². The lowest BCUT2D eigenvalue weighted by Crippen LogP contribution is -2.25. The van der Waals surface area contributed by atoms with Crippen molar-refractivity contribution >= 4 is 29.2 Å². The summed E-state index contributed by atoms with van der Waals surface area (Å²) in [6, 6.07) is 50.7. The van der Waals surface area contributed by atoms with Crippen LogP contribution in [0.5, 0.6) is 0 Å². The summed E-state index contributed by atoms with van der Waals surface area (Å²) in [5.74, 6) is 0. The summed E-state index contributed by atoms with van der Waals surface area (Å²) in [6.45, 7) is 13.5. The van der Waals surface area contributed by atoms with E-state index in [4.69, 9.17) is 0 Å². The van der Waals surface area contributed by atoms with E-state index in [-0.39, 0.29) is 5.41 Å². The van der Waals surface area contributed by atoms with E-state index in [9.17, 15) is 0 Å². The third kappa shape index (κ3) is 11.6. The molecule has 0 spiro atoms. The molecule has 0 bridgehead atoms. The Morgan fingerprint density at radius 2 is 0.850 bits per heavy atom. The van der Waals surface area contributed by atoms with Crippen molar-refractivity contribution in [2.45, 2.75) is 137 Å². The maximum atomic E-state index is 2.53. The van der Waals surface area contributed by atoms with Crippen molar-refractivity contribution in [2.75, 3.05) is 4.90 Å². The smallest absolute Gasteiger partial charge is 0.0462 e. The van der Waals surface area contributed by atoms with Gasteiger partial charge in [-0.25, -0.2) is 0 Å². The van der Waals surface area contributed by atoms with Crippen LogP contribution < -0.4 is 4.90 Å². The fourth-order valence-corrected chi connectivity index (χ4v) is 9.26. The molecule has 0 heterocycles. The number of rotatable bonds is 19. The Morgan fingerprint density at radius 1 is 0.417 bits per heavy atom. The molecule has 6 aromatic carbocycles. The van der Waals surface area contributed by atoms with Gasteiger partial charge in [0.1, 0.15) is 0 Å². The van der Waals surface area contributed by atoms with Crippen molar-refractivity contribution in [2.24, 2.45) is 0 Å². The molecule has 0 aliphatic heterocycles. The van der Waals surface area contributed by atoms with Gasteiger partial charge in [-0.3, -0.25) is 0 Å². The van der Waals surface area contributed by atoms with Crippen molar-refractivity contribution in [3.05, 3.63) is 184 Å². The van der Waals surface area contributed by atoms with Gasteiger partial charge in [-0.15, -0.1) is 0 Å². The van der Waals surface area contributed by atoms with Gasteiger partial charge in [-0.05, 0) is 116 Å². The zero-order valence-corrected chi connectivity index (χ0v) is 37.8. The van der Waals surface area contributed by atoms with Crippen LogP contribution >= 0.6 is 0 Å². The van der Waals surface area contributed by atoms with Crippen LogP contribution in [0, 0.1) is 27.7 Å². The Labute approximate surface area is 364 Å². The maximum Gasteiger partial charge on any atom is 0.0462 e. The van der Waals surface area contributed by atoms with E-state index in [0.717, 1.165) is 17.1 Å². The molecule has 0 atom stereocenters. The van der Waals surface area contributed by atoms with Crippen molar-refractivity contribution in [1.82, 2.24) is 0 Å². The largest absolute Gasteiger partial charge is 0.311 e. The molecule has 7 rings (SSSR count). The van der Waals surface area contributed by atoms with E-state index in [2.05, 4.69) is 186 Å². The lowest BCUT2D eigenvalue weighted by molar-refractivity contribution is 0.397. The number of para-hydroxylation sites is 2. The van der Waals surface area contributed by atoms with Crippen LogP contribution in [0.15, 0.2) is 140 Å². The molecule has 0 fully saturated rings. The number of unbranched alkanes of at least 4 members (excludes halogenated alkanes) is 10. The predicted octanol–water partition coefficient (Wildman–Crippen LogP) is 18.0. The van der Waals surface area contributed by atoms with Gasteiger partial charge in [0.25, 0.3) is 0 Å².